The Morgan fingerprint density at radius 2 is 2.29 bits per heavy atom. The SMILES string of the molecule is CNc1c(CN2CCC(NC(C)=O)C2)cccc1[N+](=O)[O-]. The first-order valence-corrected chi connectivity index (χ1v) is 6.94. The Morgan fingerprint density at radius 1 is 1.52 bits per heavy atom. The Hall–Kier alpha value is -2.15. The molecule has 0 aliphatic carbocycles. The minimum Gasteiger partial charge on any atom is -0.382 e. The van der Waals surface area contributed by atoms with Crippen LogP contribution in [0.3, 0.4) is 0 Å². The Labute approximate surface area is 123 Å². The number of benzene rings is 1. The van der Waals surface area contributed by atoms with Crippen LogP contribution in [-0.2, 0) is 11.3 Å². The molecule has 7 nitrogen and oxygen atoms in total. The van der Waals surface area contributed by atoms with Gasteiger partial charge in [-0.3, -0.25) is 19.8 Å². The van der Waals surface area contributed by atoms with Crippen LogP contribution in [0, 0.1) is 10.1 Å². The van der Waals surface area contributed by atoms with Gasteiger partial charge in [-0.15, -0.1) is 0 Å². The lowest BCUT2D eigenvalue weighted by atomic mass is 10.1. The Balaban J connectivity index is 2.08. The predicted octanol–water partition coefficient (Wildman–Crippen LogP) is 1.35. The van der Waals surface area contributed by atoms with Crippen molar-refractivity contribution >= 4 is 17.3 Å². The molecule has 1 aromatic rings. The maximum atomic E-state index is 11.1. The van der Waals surface area contributed by atoms with Crippen molar-refractivity contribution in [3.63, 3.8) is 0 Å². The number of anilines is 1. The number of nitrogens with zero attached hydrogens (tertiary/aromatic N) is 2. The summed E-state index contributed by atoms with van der Waals surface area (Å²) in [6, 6.07) is 5.26. The van der Waals surface area contributed by atoms with Gasteiger partial charge in [0.15, 0.2) is 0 Å². The van der Waals surface area contributed by atoms with E-state index in [2.05, 4.69) is 15.5 Å². The third kappa shape index (κ3) is 3.69. The summed E-state index contributed by atoms with van der Waals surface area (Å²) in [5.41, 5.74) is 1.55. The van der Waals surface area contributed by atoms with Gasteiger partial charge in [0.2, 0.25) is 5.91 Å². The van der Waals surface area contributed by atoms with Crippen LogP contribution in [0.15, 0.2) is 18.2 Å². The summed E-state index contributed by atoms with van der Waals surface area (Å²) in [6.45, 7) is 3.79. The lowest BCUT2D eigenvalue weighted by Gasteiger charge is -2.18. The number of carbonyl (C=O) groups is 1. The van der Waals surface area contributed by atoms with Gasteiger partial charge in [0, 0.05) is 45.7 Å². The lowest BCUT2D eigenvalue weighted by molar-refractivity contribution is -0.384. The van der Waals surface area contributed by atoms with E-state index < -0.39 is 0 Å². The van der Waals surface area contributed by atoms with E-state index in [1.165, 1.54) is 13.0 Å². The lowest BCUT2D eigenvalue weighted by Crippen LogP contribution is -2.35. The zero-order chi connectivity index (χ0) is 15.4. The fourth-order valence-electron chi connectivity index (χ4n) is 2.78. The highest BCUT2D eigenvalue weighted by Crippen LogP contribution is 2.29. The van der Waals surface area contributed by atoms with E-state index in [1.807, 2.05) is 6.07 Å². The number of carbonyl (C=O) groups excluding carboxylic acids is 1. The second-order valence-corrected chi connectivity index (χ2v) is 5.24. The van der Waals surface area contributed by atoms with Gasteiger partial charge in [0.1, 0.15) is 5.69 Å². The van der Waals surface area contributed by atoms with Gasteiger partial charge < -0.3 is 10.6 Å². The summed E-state index contributed by atoms with van der Waals surface area (Å²) in [7, 11) is 1.69. The first-order chi connectivity index (χ1) is 10.0. The molecule has 1 aromatic carbocycles. The minimum absolute atomic E-state index is 0.0203. The van der Waals surface area contributed by atoms with Gasteiger partial charge >= 0.3 is 0 Å². The fraction of sp³-hybridized carbons (Fsp3) is 0.500. The van der Waals surface area contributed by atoms with Crippen molar-refractivity contribution in [2.24, 2.45) is 0 Å². The van der Waals surface area contributed by atoms with Crippen LogP contribution < -0.4 is 10.6 Å². The average Bonchev–Trinajstić information content (AvgIpc) is 2.84. The number of hydrogen-bond acceptors (Lipinski definition) is 5. The van der Waals surface area contributed by atoms with Gasteiger partial charge in [-0.05, 0) is 12.0 Å². The summed E-state index contributed by atoms with van der Waals surface area (Å²) in [4.78, 5) is 23.9. The number of nitrogens with one attached hydrogen (secondary N) is 2. The number of amides is 1. The highest BCUT2D eigenvalue weighted by Gasteiger charge is 2.25. The molecular weight excluding hydrogens is 272 g/mol. The van der Waals surface area contributed by atoms with Crippen molar-refractivity contribution in [3.8, 4) is 0 Å². The molecule has 2 rings (SSSR count). The van der Waals surface area contributed by atoms with Crippen molar-refractivity contribution in [2.75, 3.05) is 25.5 Å². The van der Waals surface area contributed by atoms with Crippen molar-refractivity contribution in [1.29, 1.82) is 0 Å². The van der Waals surface area contributed by atoms with Gasteiger partial charge in [0.25, 0.3) is 5.69 Å². The Kier molecular flexibility index (Phi) is 4.74. The van der Waals surface area contributed by atoms with Crippen molar-refractivity contribution < 1.29 is 9.72 Å². The maximum Gasteiger partial charge on any atom is 0.292 e. The smallest absolute Gasteiger partial charge is 0.292 e. The predicted molar refractivity (Wildman–Crippen MR) is 80.1 cm³/mol. The Morgan fingerprint density at radius 3 is 2.90 bits per heavy atom. The summed E-state index contributed by atoms with van der Waals surface area (Å²) in [5.74, 6) is -0.0203. The molecule has 0 radical (unpaired) electrons. The van der Waals surface area contributed by atoms with Crippen LogP contribution in [0.1, 0.15) is 18.9 Å². The average molecular weight is 292 g/mol. The van der Waals surface area contributed by atoms with Gasteiger partial charge in [-0.1, -0.05) is 12.1 Å². The van der Waals surface area contributed by atoms with Crippen molar-refractivity contribution in [1.82, 2.24) is 10.2 Å². The number of para-hydroxylation sites is 1. The number of nitro groups is 1. The quantitative estimate of drug-likeness (QED) is 0.632. The van der Waals surface area contributed by atoms with E-state index in [-0.39, 0.29) is 22.6 Å². The largest absolute Gasteiger partial charge is 0.382 e. The summed E-state index contributed by atoms with van der Waals surface area (Å²) in [6.07, 6.45) is 0.906. The normalized spacial score (nSPS) is 18.5. The second kappa shape index (κ2) is 6.53. The first kappa shape index (κ1) is 15.2. The molecule has 1 atom stereocenters. The summed E-state index contributed by atoms with van der Waals surface area (Å²) >= 11 is 0. The molecular formula is C14H20N4O3. The third-order valence-electron chi connectivity index (χ3n) is 3.65. The molecule has 1 heterocycles. The van der Waals surface area contributed by atoms with Gasteiger partial charge in [-0.25, -0.2) is 0 Å². The van der Waals surface area contributed by atoms with Crippen LogP contribution in [-0.4, -0.2) is 41.9 Å². The van der Waals surface area contributed by atoms with Crippen LogP contribution in [0.4, 0.5) is 11.4 Å². The fourth-order valence-corrected chi connectivity index (χ4v) is 2.78. The van der Waals surface area contributed by atoms with Crippen molar-refractivity contribution in [2.45, 2.75) is 25.9 Å². The summed E-state index contributed by atoms with van der Waals surface area (Å²) in [5, 5.41) is 16.9. The highest BCUT2D eigenvalue weighted by atomic mass is 16.6. The summed E-state index contributed by atoms with van der Waals surface area (Å²) < 4.78 is 0. The molecule has 0 spiro atoms. The third-order valence-corrected chi connectivity index (χ3v) is 3.65. The standard InChI is InChI=1S/C14H20N4O3/c1-10(19)16-12-6-7-17(9-12)8-11-4-3-5-13(18(20)21)14(11)15-2/h3-5,12,15H,6-9H2,1-2H3,(H,16,19). The van der Waals surface area contributed by atoms with Crippen LogP contribution in [0.5, 0.6) is 0 Å². The molecule has 1 unspecified atom stereocenters. The van der Waals surface area contributed by atoms with E-state index in [4.69, 9.17) is 0 Å². The van der Waals surface area contributed by atoms with Crippen LogP contribution in [0.25, 0.3) is 0 Å². The number of likely N-dealkylation sites (tertiary alicyclic amines) is 1. The molecule has 0 aromatic heterocycles. The van der Waals surface area contributed by atoms with E-state index in [0.717, 1.165) is 25.1 Å². The van der Waals surface area contributed by atoms with Crippen molar-refractivity contribution in [3.05, 3.63) is 33.9 Å². The van der Waals surface area contributed by atoms with Crippen LogP contribution >= 0.6 is 0 Å². The molecule has 1 aliphatic rings. The zero-order valence-corrected chi connectivity index (χ0v) is 12.3. The number of rotatable bonds is 5. The number of nitro benzene ring substituents is 1. The van der Waals surface area contributed by atoms with E-state index in [1.54, 1.807) is 13.1 Å². The molecule has 1 fully saturated rings. The molecule has 0 bridgehead atoms. The molecule has 0 saturated carbocycles. The van der Waals surface area contributed by atoms with Gasteiger partial charge in [-0.2, -0.15) is 0 Å². The molecule has 1 aliphatic heterocycles. The molecule has 1 saturated heterocycles. The first-order valence-electron chi connectivity index (χ1n) is 6.94. The second-order valence-electron chi connectivity index (χ2n) is 5.24. The molecule has 1 amide bonds. The van der Waals surface area contributed by atoms with E-state index in [9.17, 15) is 14.9 Å². The topological polar surface area (TPSA) is 87.5 Å². The van der Waals surface area contributed by atoms with Gasteiger partial charge in [0.05, 0.1) is 4.92 Å². The van der Waals surface area contributed by atoms with E-state index >= 15 is 0 Å². The minimum atomic E-state index is -0.376. The zero-order valence-electron chi connectivity index (χ0n) is 12.3. The molecule has 114 valence electrons. The monoisotopic (exact) mass is 292 g/mol. The molecule has 7 heteroatoms. The maximum absolute atomic E-state index is 11.1. The number of hydrogen-bond donors (Lipinski definition) is 2. The van der Waals surface area contributed by atoms with E-state index in [0.29, 0.717) is 12.2 Å². The molecule has 2 N–H and O–H groups in total. The van der Waals surface area contributed by atoms with Crippen LogP contribution in [0.2, 0.25) is 0 Å². The molecule has 21 heavy (non-hydrogen) atoms. The Bertz CT molecular complexity index is 547. The highest BCUT2D eigenvalue weighted by molar-refractivity contribution is 5.73.